The third kappa shape index (κ3) is 5.17. The Hall–Kier alpha value is -0.500. The van der Waals surface area contributed by atoms with Crippen molar-refractivity contribution in [3.63, 3.8) is 0 Å². The van der Waals surface area contributed by atoms with Crippen LogP contribution in [0.5, 0.6) is 0 Å². The topological polar surface area (TPSA) is 102 Å². The fourth-order valence-electron chi connectivity index (χ4n) is 21.4. The van der Waals surface area contributed by atoms with Crippen molar-refractivity contribution in [2.75, 3.05) is 13.6 Å². The van der Waals surface area contributed by atoms with Crippen LogP contribution in [0.2, 0.25) is 0 Å². The Morgan fingerprint density at radius 2 is 1.30 bits per heavy atom. The zero-order valence-electron chi connectivity index (χ0n) is 40.8. The van der Waals surface area contributed by atoms with E-state index in [4.69, 9.17) is 4.74 Å². The summed E-state index contributed by atoms with van der Waals surface area (Å²) < 4.78 is 6.69. The lowest BCUT2D eigenvalue weighted by Gasteiger charge is -2.64. The molecular weight excluding hydrogens is 743 g/mol. The van der Waals surface area contributed by atoms with Crippen LogP contribution in [-0.4, -0.2) is 70.6 Å². The van der Waals surface area contributed by atoms with Gasteiger partial charge in [-0.15, -0.1) is 0 Å². The lowest BCUT2D eigenvalue weighted by Crippen LogP contribution is -2.59. The van der Waals surface area contributed by atoms with Crippen LogP contribution in [0.25, 0.3) is 0 Å². The number of fused-ring (bicyclic) bond motifs is 9. The predicted octanol–water partition coefficient (Wildman–Crippen LogP) is 10.2. The van der Waals surface area contributed by atoms with Crippen LogP contribution in [0.15, 0.2) is 11.6 Å². The number of nitrogens with one attached hydrogen (secondary N) is 1. The van der Waals surface area contributed by atoms with Crippen molar-refractivity contribution in [3.05, 3.63) is 11.6 Å². The Labute approximate surface area is 366 Å². The first-order valence-electron chi connectivity index (χ1n) is 25.6. The van der Waals surface area contributed by atoms with Crippen molar-refractivity contribution in [1.29, 1.82) is 0 Å². The molecule has 21 atom stereocenters. The molecule has 5 N–H and O–H groups in total. The third-order valence-electron chi connectivity index (χ3n) is 24.4. The fourth-order valence-corrected chi connectivity index (χ4v) is 21.4. The standard InChI is InChI=1S/C28H47NO3.C26H44O2/c1-16-13-17(14-29-6)32-22-21(16)25(4)11-12-28-15-27(28)10-9-20(30)24(2,3)18(27)7-8-19(28)26(25,5)23(22)31;1-15(2)21-16(3)22(28)26(8)18-9-10-19-23(4,5)20(27)12-13-24(19,6)17(18)11-14-25(21,26)7/h16-23,29-31H,7-15H2,1-6H3;11,15-16,18-22,27-28H,9-10,12-14H2,1-8H3/t16-,17-,18?,19?,20+,21+,22+,23+,25-,26-,27-,28+;16-,18?,19?,20-,21-,22-,24+,25+,26+/m10/s1. The largest absolute Gasteiger partial charge is 0.393 e. The first-order valence-corrected chi connectivity index (χ1v) is 25.6. The molecule has 60 heavy (non-hydrogen) atoms. The molecule has 8 saturated carbocycles. The minimum atomic E-state index is -0.363. The number of ether oxygens (including phenoxy) is 1. The van der Waals surface area contributed by atoms with Gasteiger partial charge in [0, 0.05) is 17.4 Å². The Kier molecular flexibility index (Phi) is 10.3. The SMILES string of the molecule is CC(C)[C@H]1[C@H](C)[C@H](O)[C@@]2(C)C3CCC4C(C)(C)[C@@H](O)CC[C@]4(C)C3=CC[C@]12C.CNC[C@H]1C[C@@H](C)[C@H]2[C@H](O1)[C@H](O)[C@@]1(C)C3CCC4C(C)(C)[C@@H](O)CC[C@@]45C[C@@]35CC[C@]21C. The molecular formula is C54H91NO5. The average Bonchev–Trinajstić information content (AvgIpc) is 3.76. The molecule has 4 unspecified atom stereocenters. The van der Waals surface area contributed by atoms with Gasteiger partial charge in [0.2, 0.25) is 0 Å². The highest BCUT2D eigenvalue weighted by molar-refractivity contribution is 5.35. The smallest absolute Gasteiger partial charge is 0.0880 e. The molecule has 1 aliphatic heterocycles. The summed E-state index contributed by atoms with van der Waals surface area (Å²) in [6.07, 6.45) is 17.0. The van der Waals surface area contributed by atoms with Gasteiger partial charge < -0.3 is 30.5 Å². The highest BCUT2D eigenvalue weighted by Crippen LogP contribution is 2.89. The molecule has 10 aliphatic rings. The van der Waals surface area contributed by atoms with E-state index in [9.17, 15) is 20.4 Å². The highest BCUT2D eigenvalue weighted by atomic mass is 16.5. The minimum Gasteiger partial charge on any atom is -0.393 e. The molecule has 0 aromatic rings. The van der Waals surface area contributed by atoms with Gasteiger partial charge in [-0.25, -0.2) is 0 Å². The molecule has 1 saturated heterocycles. The van der Waals surface area contributed by atoms with Gasteiger partial charge in [-0.05, 0) is 182 Å². The Morgan fingerprint density at radius 3 is 1.95 bits per heavy atom. The lowest BCUT2D eigenvalue weighted by atomic mass is 9.41. The summed E-state index contributed by atoms with van der Waals surface area (Å²) in [5.41, 5.74) is 2.82. The monoisotopic (exact) mass is 834 g/mol. The predicted molar refractivity (Wildman–Crippen MR) is 242 cm³/mol. The molecule has 9 aliphatic carbocycles. The normalized spacial score (nSPS) is 59.0. The van der Waals surface area contributed by atoms with Crippen molar-refractivity contribution < 1.29 is 25.2 Å². The molecule has 0 amide bonds. The van der Waals surface area contributed by atoms with Gasteiger partial charge in [-0.2, -0.15) is 0 Å². The molecule has 342 valence electrons. The third-order valence-corrected chi connectivity index (χ3v) is 24.4. The Morgan fingerprint density at radius 1 is 0.700 bits per heavy atom. The van der Waals surface area contributed by atoms with Crippen LogP contribution in [-0.2, 0) is 4.74 Å². The van der Waals surface area contributed by atoms with Crippen LogP contribution < -0.4 is 5.32 Å². The number of allylic oxidation sites excluding steroid dienone is 2. The maximum Gasteiger partial charge on any atom is 0.0880 e. The van der Waals surface area contributed by atoms with Gasteiger partial charge in [0.25, 0.3) is 0 Å². The van der Waals surface area contributed by atoms with E-state index in [1.807, 2.05) is 7.05 Å². The van der Waals surface area contributed by atoms with Crippen LogP contribution in [0.3, 0.4) is 0 Å². The summed E-state index contributed by atoms with van der Waals surface area (Å²) in [6.45, 7) is 32.0. The number of aliphatic hydroxyl groups is 4. The molecule has 0 bridgehead atoms. The van der Waals surface area contributed by atoms with Crippen molar-refractivity contribution in [1.82, 2.24) is 5.32 Å². The van der Waals surface area contributed by atoms with E-state index in [-0.39, 0.29) is 74.5 Å². The van der Waals surface area contributed by atoms with Crippen molar-refractivity contribution in [3.8, 4) is 0 Å². The first kappa shape index (κ1) is 44.7. The lowest BCUT2D eigenvalue weighted by molar-refractivity contribution is -0.182. The maximum absolute atomic E-state index is 12.1. The van der Waals surface area contributed by atoms with Gasteiger partial charge in [0.05, 0.1) is 36.6 Å². The molecule has 6 nitrogen and oxygen atoms in total. The van der Waals surface area contributed by atoms with E-state index in [1.54, 1.807) is 5.57 Å². The quantitative estimate of drug-likeness (QED) is 0.182. The summed E-state index contributed by atoms with van der Waals surface area (Å²) in [6, 6.07) is 0. The second-order valence-electron chi connectivity index (χ2n) is 26.8. The average molecular weight is 834 g/mol. The molecule has 1 heterocycles. The second kappa shape index (κ2) is 13.8. The molecule has 9 fully saturated rings. The van der Waals surface area contributed by atoms with E-state index in [1.165, 1.54) is 51.4 Å². The summed E-state index contributed by atoms with van der Waals surface area (Å²) >= 11 is 0. The van der Waals surface area contributed by atoms with Gasteiger partial charge >= 0.3 is 0 Å². The van der Waals surface area contributed by atoms with E-state index >= 15 is 0 Å². The summed E-state index contributed by atoms with van der Waals surface area (Å²) in [5, 5.41) is 48.6. The van der Waals surface area contributed by atoms with E-state index in [0.717, 1.165) is 38.6 Å². The number of hydrogen-bond donors (Lipinski definition) is 5. The second-order valence-corrected chi connectivity index (χ2v) is 26.8. The number of likely N-dealkylation sites (N-methyl/N-ethyl adjacent to an activating group) is 1. The van der Waals surface area contributed by atoms with E-state index < -0.39 is 0 Å². The number of hydrogen-bond acceptors (Lipinski definition) is 6. The first-order chi connectivity index (χ1) is 27.8. The zero-order chi connectivity index (χ0) is 43.8. The highest BCUT2D eigenvalue weighted by Gasteiger charge is 2.84. The van der Waals surface area contributed by atoms with Crippen LogP contribution in [0.4, 0.5) is 0 Å². The van der Waals surface area contributed by atoms with E-state index in [2.05, 4.69) is 101 Å². The van der Waals surface area contributed by atoms with Crippen LogP contribution in [0, 0.1) is 102 Å². The molecule has 6 heteroatoms. The van der Waals surface area contributed by atoms with E-state index in [0.29, 0.717) is 64.1 Å². The van der Waals surface area contributed by atoms with Crippen molar-refractivity contribution in [2.24, 2.45) is 102 Å². The fraction of sp³-hybridized carbons (Fsp3) is 0.963. The number of rotatable bonds is 3. The van der Waals surface area contributed by atoms with Gasteiger partial charge in [-0.1, -0.05) is 102 Å². The molecule has 10 rings (SSSR count). The minimum absolute atomic E-state index is 0.0145. The van der Waals surface area contributed by atoms with Gasteiger partial charge in [-0.3, -0.25) is 0 Å². The summed E-state index contributed by atoms with van der Waals surface area (Å²) in [5.74, 6) is 4.84. The summed E-state index contributed by atoms with van der Waals surface area (Å²) in [4.78, 5) is 0. The van der Waals surface area contributed by atoms with Crippen LogP contribution in [0.1, 0.15) is 173 Å². The van der Waals surface area contributed by atoms with Gasteiger partial charge in [0.1, 0.15) is 0 Å². The maximum atomic E-state index is 12.1. The van der Waals surface area contributed by atoms with Crippen molar-refractivity contribution >= 4 is 0 Å². The molecule has 2 spiro atoms. The molecule has 0 aromatic heterocycles. The number of aliphatic hydroxyl groups excluding tert-OH is 4. The molecule has 0 radical (unpaired) electrons. The van der Waals surface area contributed by atoms with Crippen LogP contribution >= 0.6 is 0 Å². The van der Waals surface area contributed by atoms with Crippen molar-refractivity contribution in [2.45, 2.75) is 210 Å². The zero-order valence-corrected chi connectivity index (χ0v) is 40.8. The Bertz CT molecular complexity index is 1720. The Balaban J connectivity index is 0.000000156. The summed E-state index contributed by atoms with van der Waals surface area (Å²) in [7, 11) is 2.00. The molecule has 0 aromatic carbocycles. The van der Waals surface area contributed by atoms with Gasteiger partial charge in [0.15, 0.2) is 0 Å².